The lowest BCUT2D eigenvalue weighted by Gasteiger charge is -2.22. The number of nitrogens with one attached hydrogen (secondary N) is 1. The first-order chi connectivity index (χ1) is 15.0. The zero-order chi connectivity index (χ0) is 21.8. The third kappa shape index (κ3) is 4.67. The maximum absolute atomic E-state index is 13.0. The molecule has 3 aromatic heterocycles. The first kappa shape index (κ1) is 21.2. The molecule has 1 amide bonds. The fourth-order valence-corrected chi connectivity index (χ4v) is 4.45. The highest BCUT2D eigenvalue weighted by Crippen LogP contribution is 2.26. The number of aryl methyl sites for hydroxylation is 1. The molecule has 7 nitrogen and oxygen atoms in total. The minimum absolute atomic E-state index is 0.0159. The number of H-pyrrole nitrogens is 1. The van der Waals surface area contributed by atoms with E-state index in [0.29, 0.717) is 23.6 Å². The van der Waals surface area contributed by atoms with E-state index in [1.54, 1.807) is 20.8 Å². The SMILES string of the molecule is CC(C(=O)N(C)CCCc1cc(-c2ccccc2)no1)n1c(-c2cccs2)n[nH]c1=S. The van der Waals surface area contributed by atoms with Crippen molar-refractivity contribution >= 4 is 29.5 Å². The molecular weight excluding hydrogens is 430 g/mol. The highest BCUT2D eigenvalue weighted by atomic mass is 32.1. The largest absolute Gasteiger partial charge is 0.361 e. The van der Waals surface area contributed by atoms with Crippen molar-refractivity contribution in [1.29, 1.82) is 0 Å². The van der Waals surface area contributed by atoms with Gasteiger partial charge >= 0.3 is 0 Å². The third-order valence-electron chi connectivity index (χ3n) is 5.11. The van der Waals surface area contributed by atoms with Gasteiger partial charge < -0.3 is 9.42 Å². The Hall–Kier alpha value is -3.04. The van der Waals surface area contributed by atoms with E-state index in [2.05, 4.69) is 15.4 Å². The van der Waals surface area contributed by atoms with Gasteiger partial charge in [-0.15, -0.1) is 11.3 Å². The molecule has 0 bridgehead atoms. The molecule has 9 heteroatoms. The van der Waals surface area contributed by atoms with Gasteiger partial charge in [0.25, 0.3) is 0 Å². The highest BCUT2D eigenvalue weighted by molar-refractivity contribution is 7.71. The first-order valence-corrected chi connectivity index (χ1v) is 11.3. The Morgan fingerprint density at radius 1 is 1.29 bits per heavy atom. The number of rotatable bonds is 8. The van der Waals surface area contributed by atoms with Gasteiger partial charge in [0.15, 0.2) is 10.6 Å². The Balaban J connectivity index is 1.36. The Morgan fingerprint density at radius 2 is 2.10 bits per heavy atom. The molecule has 0 aliphatic rings. The Morgan fingerprint density at radius 3 is 2.84 bits per heavy atom. The van der Waals surface area contributed by atoms with Crippen LogP contribution in [0.1, 0.15) is 25.1 Å². The summed E-state index contributed by atoms with van der Waals surface area (Å²) in [6.45, 7) is 2.45. The molecule has 1 atom stereocenters. The predicted molar refractivity (Wildman–Crippen MR) is 123 cm³/mol. The van der Waals surface area contributed by atoms with E-state index in [0.717, 1.165) is 28.3 Å². The van der Waals surface area contributed by atoms with Crippen LogP contribution in [-0.4, -0.2) is 44.3 Å². The molecule has 0 aliphatic heterocycles. The van der Waals surface area contributed by atoms with E-state index in [1.165, 1.54) is 0 Å². The van der Waals surface area contributed by atoms with Gasteiger partial charge in [-0.1, -0.05) is 41.6 Å². The van der Waals surface area contributed by atoms with Crippen LogP contribution in [0.2, 0.25) is 0 Å². The maximum Gasteiger partial charge on any atom is 0.245 e. The van der Waals surface area contributed by atoms with Crippen LogP contribution in [0.3, 0.4) is 0 Å². The molecule has 4 aromatic rings. The van der Waals surface area contributed by atoms with Gasteiger partial charge in [0.1, 0.15) is 17.5 Å². The maximum atomic E-state index is 13.0. The highest BCUT2D eigenvalue weighted by Gasteiger charge is 2.24. The van der Waals surface area contributed by atoms with Gasteiger partial charge in [0.2, 0.25) is 5.91 Å². The molecule has 1 aromatic carbocycles. The van der Waals surface area contributed by atoms with E-state index in [4.69, 9.17) is 16.7 Å². The van der Waals surface area contributed by atoms with E-state index >= 15 is 0 Å². The number of carbonyl (C=O) groups is 1. The minimum Gasteiger partial charge on any atom is -0.361 e. The molecular formula is C22H23N5O2S2. The fourth-order valence-electron chi connectivity index (χ4n) is 3.45. The molecule has 0 saturated carbocycles. The number of thiophene rings is 1. The quantitative estimate of drug-likeness (QED) is 0.381. The summed E-state index contributed by atoms with van der Waals surface area (Å²) in [6, 6.07) is 15.3. The van der Waals surface area contributed by atoms with Crippen molar-refractivity contribution in [2.24, 2.45) is 0 Å². The molecule has 1 N–H and O–H groups in total. The van der Waals surface area contributed by atoms with Crippen molar-refractivity contribution in [3.63, 3.8) is 0 Å². The van der Waals surface area contributed by atoms with E-state index in [9.17, 15) is 4.79 Å². The van der Waals surface area contributed by atoms with Crippen molar-refractivity contribution < 1.29 is 9.32 Å². The summed E-state index contributed by atoms with van der Waals surface area (Å²) < 4.78 is 7.68. The number of hydrogen-bond donors (Lipinski definition) is 1. The lowest BCUT2D eigenvalue weighted by Crippen LogP contribution is -2.34. The molecule has 0 saturated heterocycles. The second kappa shape index (κ2) is 9.40. The number of amides is 1. The number of hydrogen-bond acceptors (Lipinski definition) is 6. The summed E-state index contributed by atoms with van der Waals surface area (Å²) in [6.07, 6.45) is 1.48. The summed E-state index contributed by atoms with van der Waals surface area (Å²) in [7, 11) is 1.81. The lowest BCUT2D eigenvalue weighted by molar-refractivity contribution is -0.133. The second-order valence-electron chi connectivity index (χ2n) is 7.28. The van der Waals surface area contributed by atoms with Crippen LogP contribution in [0.4, 0.5) is 0 Å². The number of aromatic nitrogens is 4. The summed E-state index contributed by atoms with van der Waals surface area (Å²) in [4.78, 5) is 15.7. The topological polar surface area (TPSA) is 79.9 Å². The summed E-state index contributed by atoms with van der Waals surface area (Å²) in [5, 5.41) is 13.2. The van der Waals surface area contributed by atoms with Crippen LogP contribution in [0.15, 0.2) is 58.4 Å². The Bertz CT molecular complexity index is 1190. The Kier molecular flexibility index (Phi) is 6.43. The molecule has 160 valence electrons. The standard InChI is InChI=1S/C22H23N5O2S2/c1-15(27-20(23-24-22(27)30)19-11-7-13-31-19)21(28)26(2)12-6-10-17-14-18(25-29-17)16-8-4-3-5-9-16/h3-5,7-9,11,13-15H,6,10,12H2,1-2H3,(H,24,30). The van der Waals surface area contributed by atoms with Crippen molar-refractivity contribution in [1.82, 2.24) is 24.8 Å². The number of likely N-dealkylation sites (N-methyl/N-ethyl adjacent to an activating group) is 1. The molecule has 0 aliphatic carbocycles. The predicted octanol–water partition coefficient (Wildman–Crippen LogP) is 4.98. The molecule has 0 radical (unpaired) electrons. The van der Waals surface area contributed by atoms with Crippen LogP contribution >= 0.6 is 23.6 Å². The van der Waals surface area contributed by atoms with E-state index in [-0.39, 0.29) is 5.91 Å². The van der Waals surface area contributed by atoms with Crippen molar-refractivity contribution in [3.8, 4) is 22.0 Å². The average Bonchev–Trinajstić information content (AvgIpc) is 3.54. The molecule has 4 rings (SSSR count). The fraction of sp³-hybridized carbons (Fsp3) is 0.273. The minimum atomic E-state index is -0.455. The van der Waals surface area contributed by atoms with E-state index < -0.39 is 6.04 Å². The van der Waals surface area contributed by atoms with Crippen LogP contribution < -0.4 is 0 Å². The first-order valence-electron chi connectivity index (χ1n) is 10.0. The van der Waals surface area contributed by atoms with Crippen LogP contribution in [0, 0.1) is 4.77 Å². The molecule has 31 heavy (non-hydrogen) atoms. The molecule has 0 fully saturated rings. The van der Waals surface area contributed by atoms with Crippen molar-refractivity contribution in [2.75, 3.05) is 13.6 Å². The molecule has 3 heterocycles. The average molecular weight is 454 g/mol. The normalized spacial score (nSPS) is 12.1. The van der Waals surface area contributed by atoms with Gasteiger partial charge in [-0.25, -0.2) is 0 Å². The van der Waals surface area contributed by atoms with Gasteiger partial charge in [0, 0.05) is 31.6 Å². The van der Waals surface area contributed by atoms with Gasteiger partial charge in [-0.2, -0.15) is 5.10 Å². The zero-order valence-corrected chi connectivity index (χ0v) is 18.9. The smallest absolute Gasteiger partial charge is 0.245 e. The zero-order valence-electron chi connectivity index (χ0n) is 17.3. The van der Waals surface area contributed by atoms with Gasteiger partial charge in [0.05, 0.1) is 4.88 Å². The van der Waals surface area contributed by atoms with Crippen molar-refractivity contribution in [2.45, 2.75) is 25.8 Å². The van der Waals surface area contributed by atoms with Crippen LogP contribution in [0.25, 0.3) is 22.0 Å². The number of benzene rings is 1. The molecule has 1 unspecified atom stereocenters. The monoisotopic (exact) mass is 453 g/mol. The Labute approximate surface area is 189 Å². The number of carbonyl (C=O) groups excluding carboxylic acids is 1. The van der Waals surface area contributed by atoms with Crippen LogP contribution in [0.5, 0.6) is 0 Å². The summed E-state index contributed by atoms with van der Waals surface area (Å²) in [5.74, 6) is 1.48. The summed E-state index contributed by atoms with van der Waals surface area (Å²) >= 11 is 6.94. The van der Waals surface area contributed by atoms with Crippen LogP contribution in [-0.2, 0) is 11.2 Å². The van der Waals surface area contributed by atoms with E-state index in [1.807, 2.05) is 67.9 Å². The van der Waals surface area contributed by atoms with Gasteiger partial charge in [-0.3, -0.25) is 14.5 Å². The van der Waals surface area contributed by atoms with Gasteiger partial charge in [-0.05, 0) is 37.0 Å². The summed E-state index contributed by atoms with van der Waals surface area (Å²) in [5.41, 5.74) is 1.85. The molecule has 0 spiro atoms. The third-order valence-corrected chi connectivity index (χ3v) is 6.27. The lowest BCUT2D eigenvalue weighted by atomic mass is 10.1. The second-order valence-corrected chi connectivity index (χ2v) is 8.62. The number of nitrogens with zero attached hydrogens (tertiary/aromatic N) is 4. The number of aromatic amines is 1. The van der Waals surface area contributed by atoms with Crippen molar-refractivity contribution in [3.05, 3.63) is 64.4 Å².